The van der Waals surface area contributed by atoms with E-state index in [9.17, 15) is 9.90 Å². The highest BCUT2D eigenvalue weighted by Crippen LogP contribution is 2.42. The van der Waals surface area contributed by atoms with Crippen LogP contribution >= 0.6 is 0 Å². The van der Waals surface area contributed by atoms with Crippen molar-refractivity contribution in [3.63, 3.8) is 0 Å². The molecule has 2 heterocycles. The second-order valence-corrected chi connectivity index (χ2v) is 9.74. The van der Waals surface area contributed by atoms with Crippen LogP contribution in [0.15, 0.2) is 18.2 Å². The summed E-state index contributed by atoms with van der Waals surface area (Å²) in [6.45, 7) is 6.89. The molecule has 0 spiro atoms. The molecule has 0 radical (unpaired) electrons. The molecule has 0 atom stereocenters. The Bertz CT molecular complexity index is 729. The number of likely N-dealkylation sites (tertiary alicyclic amines) is 1. The normalized spacial score (nSPS) is 25.3. The first-order valence-corrected chi connectivity index (χ1v) is 11.5. The Morgan fingerprint density at radius 2 is 1.87 bits per heavy atom. The monoisotopic (exact) mass is 416 g/mol. The van der Waals surface area contributed by atoms with Crippen molar-refractivity contribution < 1.29 is 19.4 Å². The van der Waals surface area contributed by atoms with Gasteiger partial charge in [-0.25, -0.2) is 0 Å². The molecule has 2 fully saturated rings. The zero-order valence-corrected chi connectivity index (χ0v) is 18.4. The number of carbonyl (C=O) groups is 1. The van der Waals surface area contributed by atoms with Crippen molar-refractivity contribution in [2.75, 3.05) is 26.4 Å². The molecular formula is C24H36N2O4. The van der Waals surface area contributed by atoms with Crippen LogP contribution in [0.2, 0.25) is 0 Å². The van der Waals surface area contributed by atoms with E-state index in [1.807, 2.05) is 6.07 Å². The smallest absolute Gasteiger partial charge is 0.251 e. The molecule has 0 aromatic heterocycles. The molecule has 1 amide bonds. The Kier molecular flexibility index (Phi) is 6.54. The summed E-state index contributed by atoms with van der Waals surface area (Å²) in [6, 6.07) is 6.49. The fraction of sp³-hybridized carbons (Fsp3) is 0.708. The number of amides is 1. The van der Waals surface area contributed by atoms with Crippen LogP contribution in [-0.2, 0) is 4.79 Å². The molecule has 1 saturated carbocycles. The first kappa shape index (κ1) is 21.4. The van der Waals surface area contributed by atoms with Gasteiger partial charge in [0, 0.05) is 11.6 Å². The summed E-state index contributed by atoms with van der Waals surface area (Å²) in [4.78, 5) is 14.6. The van der Waals surface area contributed by atoms with Gasteiger partial charge in [0.1, 0.15) is 5.60 Å². The van der Waals surface area contributed by atoms with Crippen LogP contribution in [0.3, 0.4) is 0 Å². The second kappa shape index (κ2) is 9.15. The van der Waals surface area contributed by atoms with Gasteiger partial charge in [0.05, 0.1) is 0 Å². The first-order valence-electron chi connectivity index (χ1n) is 11.5. The molecule has 30 heavy (non-hydrogen) atoms. The van der Waals surface area contributed by atoms with Crippen LogP contribution in [0, 0.1) is 5.92 Å². The maximum absolute atomic E-state index is 12.0. The summed E-state index contributed by atoms with van der Waals surface area (Å²) >= 11 is 0. The van der Waals surface area contributed by atoms with Gasteiger partial charge in [-0.3, -0.25) is 4.79 Å². The highest BCUT2D eigenvalue weighted by Gasteiger charge is 2.30. The fourth-order valence-electron chi connectivity index (χ4n) is 5.06. The van der Waals surface area contributed by atoms with Crippen LogP contribution < -0.4 is 14.8 Å². The van der Waals surface area contributed by atoms with Crippen molar-refractivity contribution in [3.05, 3.63) is 23.8 Å². The number of nitrogens with zero attached hydrogens (tertiary/aromatic N) is 1. The first-order chi connectivity index (χ1) is 14.4. The van der Waals surface area contributed by atoms with Gasteiger partial charge in [0.15, 0.2) is 11.5 Å². The molecule has 6 heteroatoms. The molecule has 1 saturated heterocycles. The Hall–Kier alpha value is -1.79. The minimum atomic E-state index is -1.29. The predicted octanol–water partition coefficient (Wildman–Crippen LogP) is 3.43. The van der Waals surface area contributed by atoms with Crippen LogP contribution in [0.1, 0.15) is 70.3 Å². The fourth-order valence-corrected chi connectivity index (χ4v) is 5.06. The van der Waals surface area contributed by atoms with Gasteiger partial charge in [0.2, 0.25) is 6.79 Å². The molecule has 166 valence electrons. The van der Waals surface area contributed by atoms with E-state index >= 15 is 0 Å². The number of carbonyl (C=O) groups excluding carboxylic acids is 1. The van der Waals surface area contributed by atoms with Crippen LogP contribution in [0.4, 0.5) is 0 Å². The van der Waals surface area contributed by atoms with Crippen LogP contribution in [0.25, 0.3) is 0 Å². The van der Waals surface area contributed by atoms with Crippen molar-refractivity contribution >= 4 is 5.91 Å². The molecule has 4 rings (SSSR count). The van der Waals surface area contributed by atoms with Crippen molar-refractivity contribution in [2.24, 2.45) is 5.92 Å². The zero-order chi connectivity index (χ0) is 21.1. The molecule has 1 aromatic rings. The largest absolute Gasteiger partial charge is 0.454 e. The number of piperidine rings is 1. The maximum atomic E-state index is 12.0. The Morgan fingerprint density at radius 1 is 1.13 bits per heavy atom. The highest BCUT2D eigenvalue weighted by atomic mass is 16.7. The van der Waals surface area contributed by atoms with Gasteiger partial charge in [-0.15, -0.1) is 0 Å². The van der Waals surface area contributed by atoms with Gasteiger partial charge in [-0.1, -0.05) is 12.1 Å². The number of hydrogen-bond acceptors (Lipinski definition) is 5. The third-order valence-corrected chi connectivity index (χ3v) is 7.05. The molecule has 1 aromatic carbocycles. The lowest BCUT2D eigenvalue weighted by atomic mass is 9.83. The predicted molar refractivity (Wildman–Crippen MR) is 116 cm³/mol. The second-order valence-electron chi connectivity index (χ2n) is 9.74. The topological polar surface area (TPSA) is 71.0 Å². The standard InChI is InChI=1S/C24H36N2O4/c1-24(2,28)23(27)25-19-8-6-17(7-9-19)10-13-26-14-11-18(12-15-26)20-4-3-5-21-22(20)30-16-29-21/h3-5,17-19,28H,6-16H2,1-2H3,(H,25,27). The maximum Gasteiger partial charge on any atom is 0.251 e. The average Bonchev–Trinajstić information content (AvgIpc) is 3.22. The lowest BCUT2D eigenvalue weighted by Gasteiger charge is -2.35. The molecule has 2 aliphatic heterocycles. The summed E-state index contributed by atoms with van der Waals surface area (Å²) in [5.74, 6) is 2.91. The zero-order valence-electron chi connectivity index (χ0n) is 18.4. The number of aliphatic hydroxyl groups is 1. The quantitative estimate of drug-likeness (QED) is 0.743. The number of fused-ring (bicyclic) bond motifs is 1. The highest BCUT2D eigenvalue weighted by molar-refractivity contribution is 5.84. The summed E-state index contributed by atoms with van der Waals surface area (Å²) in [7, 11) is 0. The van der Waals surface area contributed by atoms with E-state index in [2.05, 4.69) is 22.3 Å². The number of benzene rings is 1. The average molecular weight is 417 g/mol. The van der Waals surface area contributed by atoms with E-state index in [0.717, 1.165) is 43.3 Å². The van der Waals surface area contributed by atoms with Crippen molar-refractivity contribution in [3.8, 4) is 11.5 Å². The molecule has 0 unspecified atom stereocenters. The SMILES string of the molecule is CC(C)(O)C(=O)NC1CCC(CCN2CCC(c3cccc4c3OCO4)CC2)CC1. The molecule has 1 aliphatic carbocycles. The van der Waals surface area contributed by atoms with Crippen molar-refractivity contribution in [1.29, 1.82) is 0 Å². The van der Waals surface area contributed by atoms with E-state index in [0.29, 0.717) is 12.7 Å². The minimum Gasteiger partial charge on any atom is -0.454 e. The summed E-state index contributed by atoms with van der Waals surface area (Å²) in [6.07, 6.45) is 7.98. The van der Waals surface area contributed by atoms with Gasteiger partial charge < -0.3 is 24.8 Å². The number of hydrogen-bond donors (Lipinski definition) is 2. The lowest BCUT2D eigenvalue weighted by molar-refractivity contribution is -0.137. The van der Waals surface area contributed by atoms with E-state index in [1.54, 1.807) is 13.8 Å². The molecule has 6 nitrogen and oxygen atoms in total. The number of nitrogens with one attached hydrogen (secondary N) is 1. The van der Waals surface area contributed by atoms with Crippen LogP contribution in [0.5, 0.6) is 11.5 Å². The minimum absolute atomic E-state index is 0.217. The molecular weight excluding hydrogens is 380 g/mol. The molecule has 2 N–H and O–H groups in total. The Morgan fingerprint density at radius 3 is 2.57 bits per heavy atom. The lowest BCUT2D eigenvalue weighted by Crippen LogP contribution is -2.47. The van der Waals surface area contributed by atoms with Crippen molar-refractivity contribution in [2.45, 2.75) is 76.4 Å². The molecule has 3 aliphatic rings. The summed E-state index contributed by atoms with van der Waals surface area (Å²) in [5, 5.41) is 12.8. The van der Waals surface area contributed by atoms with Crippen molar-refractivity contribution in [1.82, 2.24) is 10.2 Å². The van der Waals surface area contributed by atoms with E-state index < -0.39 is 5.60 Å². The Balaban J connectivity index is 1.17. The van der Waals surface area contributed by atoms with Crippen LogP contribution in [-0.4, -0.2) is 54.0 Å². The number of para-hydroxylation sites is 1. The number of ether oxygens (including phenoxy) is 2. The third kappa shape index (κ3) is 5.09. The van der Waals surface area contributed by atoms with Gasteiger partial charge >= 0.3 is 0 Å². The Labute approximate surface area is 179 Å². The molecule has 0 bridgehead atoms. The third-order valence-electron chi connectivity index (χ3n) is 7.05. The van der Waals surface area contributed by atoms with E-state index in [1.165, 1.54) is 44.2 Å². The van der Waals surface area contributed by atoms with E-state index in [-0.39, 0.29) is 11.9 Å². The summed E-state index contributed by atoms with van der Waals surface area (Å²) < 4.78 is 11.2. The van der Waals surface area contributed by atoms with E-state index in [4.69, 9.17) is 9.47 Å². The van der Waals surface area contributed by atoms with Gasteiger partial charge in [-0.05, 0) is 96.3 Å². The number of rotatable bonds is 6. The van der Waals surface area contributed by atoms with Gasteiger partial charge in [-0.2, -0.15) is 0 Å². The van der Waals surface area contributed by atoms with Gasteiger partial charge in [0.25, 0.3) is 5.91 Å². The summed E-state index contributed by atoms with van der Waals surface area (Å²) in [5.41, 5.74) is 0.0261.